The molecule has 3 aromatic rings. The van der Waals surface area contributed by atoms with Crippen LogP contribution in [-0.2, 0) is 6.54 Å². The molecule has 6 nitrogen and oxygen atoms in total. The topological polar surface area (TPSA) is 71.4 Å². The van der Waals surface area contributed by atoms with E-state index in [0.717, 1.165) is 31.2 Å². The summed E-state index contributed by atoms with van der Waals surface area (Å²) in [7, 11) is 0. The third-order valence-corrected chi connectivity index (χ3v) is 6.65. The van der Waals surface area contributed by atoms with Crippen molar-refractivity contribution in [1.82, 2.24) is 14.8 Å². The minimum atomic E-state index is -0.491. The zero-order valence-corrected chi connectivity index (χ0v) is 19.2. The Labute approximate surface area is 199 Å². The number of pyridine rings is 1. The number of carbonyl (C=O) groups excluding carboxylic acids is 2. The van der Waals surface area contributed by atoms with Gasteiger partial charge >= 0.3 is 0 Å². The molecule has 1 saturated carbocycles. The van der Waals surface area contributed by atoms with Crippen molar-refractivity contribution in [2.45, 2.75) is 44.2 Å². The van der Waals surface area contributed by atoms with Crippen molar-refractivity contribution in [3.05, 3.63) is 106 Å². The SMILES string of the molecule is O=C(NC1CC1)c1cn(Cc2ccccc2)cc(C(=O)N2CCC[C@H](c3ccccc3)C2)c1=O. The van der Waals surface area contributed by atoms with Gasteiger partial charge in [0.25, 0.3) is 11.8 Å². The van der Waals surface area contributed by atoms with E-state index in [0.29, 0.717) is 19.6 Å². The van der Waals surface area contributed by atoms with Gasteiger partial charge in [0.1, 0.15) is 11.1 Å². The number of benzene rings is 2. The Kier molecular flexibility index (Phi) is 6.30. The summed E-state index contributed by atoms with van der Waals surface area (Å²) in [6.07, 6.45) is 6.93. The van der Waals surface area contributed by atoms with Crippen LogP contribution >= 0.6 is 0 Å². The number of hydrogen-bond acceptors (Lipinski definition) is 3. The summed E-state index contributed by atoms with van der Waals surface area (Å²) in [6, 6.07) is 20.1. The van der Waals surface area contributed by atoms with Gasteiger partial charge < -0.3 is 14.8 Å². The molecule has 34 heavy (non-hydrogen) atoms. The Morgan fingerprint density at radius 3 is 2.26 bits per heavy atom. The maximum atomic E-state index is 13.6. The van der Waals surface area contributed by atoms with E-state index in [1.165, 1.54) is 5.56 Å². The number of nitrogens with zero attached hydrogens (tertiary/aromatic N) is 2. The first-order valence-corrected chi connectivity index (χ1v) is 12.0. The van der Waals surface area contributed by atoms with Crippen molar-refractivity contribution in [1.29, 1.82) is 0 Å². The molecule has 2 fully saturated rings. The number of piperidine rings is 1. The molecular formula is C28H29N3O3. The van der Waals surface area contributed by atoms with Crippen molar-refractivity contribution < 1.29 is 9.59 Å². The lowest BCUT2D eigenvalue weighted by Crippen LogP contribution is -2.42. The van der Waals surface area contributed by atoms with Crippen LogP contribution in [-0.4, -0.2) is 40.4 Å². The van der Waals surface area contributed by atoms with Crippen molar-refractivity contribution >= 4 is 11.8 Å². The molecule has 1 atom stereocenters. The largest absolute Gasteiger partial charge is 0.349 e. The second-order valence-corrected chi connectivity index (χ2v) is 9.32. The first-order chi connectivity index (χ1) is 16.6. The number of likely N-dealkylation sites (tertiary alicyclic amines) is 1. The molecule has 1 N–H and O–H groups in total. The van der Waals surface area contributed by atoms with Gasteiger partial charge in [-0.05, 0) is 36.8 Å². The molecule has 2 heterocycles. The van der Waals surface area contributed by atoms with Crippen LogP contribution in [0.5, 0.6) is 0 Å². The molecule has 5 rings (SSSR count). The smallest absolute Gasteiger partial charge is 0.259 e. The van der Waals surface area contributed by atoms with E-state index in [4.69, 9.17) is 0 Å². The van der Waals surface area contributed by atoms with Crippen LogP contribution < -0.4 is 10.7 Å². The molecule has 2 aliphatic rings. The van der Waals surface area contributed by atoms with Gasteiger partial charge in [-0.15, -0.1) is 0 Å². The molecule has 174 valence electrons. The lowest BCUT2D eigenvalue weighted by atomic mass is 9.90. The van der Waals surface area contributed by atoms with E-state index in [1.807, 2.05) is 48.5 Å². The molecule has 0 radical (unpaired) electrons. The van der Waals surface area contributed by atoms with Crippen LogP contribution in [0.3, 0.4) is 0 Å². The molecule has 0 bridgehead atoms. The maximum absolute atomic E-state index is 13.6. The Hall–Kier alpha value is -3.67. The Bertz CT molecular complexity index is 1230. The van der Waals surface area contributed by atoms with Gasteiger partial charge in [-0.3, -0.25) is 14.4 Å². The average molecular weight is 456 g/mol. The number of hydrogen-bond donors (Lipinski definition) is 1. The summed E-state index contributed by atoms with van der Waals surface area (Å²) in [5, 5.41) is 2.90. The summed E-state index contributed by atoms with van der Waals surface area (Å²) in [4.78, 5) is 41.6. The van der Waals surface area contributed by atoms with Crippen molar-refractivity contribution in [2.75, 3.05) is 13.1 Å². The van der Waals surface area contributed by atoms with E-state index in [9.17, 15) is 14.4 Å². The first kappa shape index (κ1) is 22.1. The van der Waals surface area contributed by atoms with Crippen LogP contribution in [0.1, 0.15) is 63.4 Å². The van der Waals surface area contributed by atoms with Crippen molar-refractivity contribution in [3.8, 4) is 0 Å². The van der Waals surface area contributed by atoms with Crippen LogP contribution in [0.25, 0.3) is 0 Å². The normalized spacial score (nSPS) is 17.9. The summed E-state index contributed by atoms with van der Waals surface area (Å²) in [5.74, 6) is -0.454. The third kappa shape index (κ3) is 4.96. The summed E-state index contributed by atoms with van der Waals surface area (Å²) < 4.78 is 1.78. The quantitative estimate of drug-likeness (QED) is 0.615. The first-order valence-electron chi connectivity index (χ1n) is 12.0. The molecule has 0 unspecified atom stereocenters. The predicted octanol–water partition coefficient (Wildman–Crippen LogP) is 3.81. The summed E-state index contributed by atoms with van der Waals surface area (Å²) in [6.45, 7) is 1.65. The molecule has 2 amide bonds. The van der Waals surface area contributed by atoms with Crippen LogP contribution in [0, 0.1) is 0 Å². The van der Waals surface area contributed by atoms with E-state index in [2.05, 4.69) is 17.4 Å². The van der Waals surface area contributed by atoms with Crippen LogP contribution in [0.15, 0.2) is 77.9 Å². The van der Waals surface area contributed by atoms with Gasteiger partial charge in [-0.25, -0.2) is 0 Å². The van der Waals surface area contributed by atoms with Gasteiger partial charge in [0.05, 0.1) is 0 Å². The van der Waals surface area contributed by atoms with Gasteiger partial charge in [0.15, 0.2) is 0 Å². The molecule has 0 spiro atoms. The summed E-state index contributed by atoms with van der Waals surface area (Å²) in [5.41, 5.74) is 1.84. The fourth-order valence-corrected chi connectivity index (χ4v) is 4.65. The highest BCUT2D eigenvalue weighted by Crippen LogP contribution is 2.27. The lowest BCUT2D eigenvalue weighted by Gasteiger charge is -2.33. The van der Waals surface area contributed by atoms with Gasteiger partial charge in [0.2, 0.25) is 5.43 Å². The summed E-state index contributed by atoms with van der Waals surface area (Å²) >= 11 is 0. The van der Waals surface area contributed by atoms with Crippen LogP contribution in [0.4, 0.5) is 0 Å². The second-order valence-electron chi connectivity index (χ2n) is 9.32. The van der Waals surface area contributed by atoms with Gasteiger partial charge in [-0.1, -0.05) is 60.7 Å². The predicted molar refractivity (Wildman–Crippen MR) is 131 cm³/mol. The van der Waals surface area contributed by atoms with Gasteiger partial charge in [-0.2, -0.15) is 0 Å². The highest BCUT2D eigenvalue weighted by atomic mass is 16.2. The number of rotatable bonds is 6. The van der Waals surface area contributed by atoms with Crippen molar-refractivity contribution in [2.24, 2.45) is 0 Å². The monoisotopic (exact) mass is 455 g/mol. The highest BCUT2D eigenvalue weighted by molar-refractivity contribution is 5.99. The fourth-order valence-electron chi connectivity index (χ4n) is 4.65. The molecule has 6 heteroatoms. The molecule has 1 aromatic heterocycles. The van der Waals surface area contributed by atoms with Gasteiger partial charge in [0, 0.05) is 44.0 Å². The maximum Gasteiger partial charge on any atom is 0.259 e. The van der Waals surface area contributed by atoms with E-state index in [1.54, 1.807) is 21.9 Å². The third-order valence-electron chi connectivity index (χ3n) is 6.65. The molecular weight excluding hydrogens is 426 g/mol. The number of aromatic nitrogens is 1. The van der Waals surface area contributed by atoms with Crippen LogP contribution in [0.2, 0.25) is 0 Å². The molecule has 1 aliphatic heterocycles. The fraction of sp³-hybridized carbons (Fsp3) is 0.321. The Balaban J connectivity index is 1.46. The minimum Gasteiger partial charge on any atom is -0.349 e. The Morgan fingerprint density at radius 1 is 0.882 bits per heavy atom. The molecule has 1 aliphatic carbocycles. The minimum absolute atomic E-state index is 0.0327. The standard InChI is InChI=1S/C28H29N3O3/c32-26-24(27(33)29-23-13-14-23)18-30(16-20-8-3-1-4-9-20)19-25(26)28(34)31-15-7-12-22(17-31)21-10-5-2-6-11-21/h1-6,8-11,18-19,22-23H,7,12-17H2,(H,29,33)/t22-/m0/s1. The highest BCUT2D eigenvalue weighted by Gasteiger charge is 2.30. The van der Waals surface area contributed by atoms with Crippen molar-refractivity contribution in [3.63, 3.8) is 0 Å². The average Bonchev–Trinajstić information content (AvgIpc) is 3.70. The molecule has 2 aromatic carbocycles. The molecule has 1 saturated heterocycles. The zero-order chi connectivity index (χ0) is 23.5. The second kappa shape index (κ2) is 9.67. The lowest BCUT2D eigenvalue weighted by molar-refractivity contribution is 0.0705. The number of nitrogens with one attached hydrogen (secondary N) is 1. The number of carbonyl (C=O) groups is 2. The van der Waals surface area contributed by atoms with E-state index < -0.39 is 11.3 Å². The zero-order valence-electron chi connectivity index (χ0n) is 19.2. The van der Waals surface area contributed by atoms with E-state index in [-0.39, 0.29) is 29.0 Å². The number of amides is 2. The van der Waals surface area contributed by atoms with E-state index >= 15 is 0 Å². The Morgan fingerprint density at radius 2 is 1.56 bits per heavy atom.